The summed E-state index contributed by atoms with van der Waals surface area (Å²) in [5, 5.41) is 15.7. The van der Waals surface area contributed by atoms with Crippen LogP contribution in [-0.2, 0) is 0 Å². The number of thiophene rings is 1. The minimum absolute atomic E-state index is 0.214. The number of carbonyl (C=O) groups excluding carboxylic acids is 1. The number of anilines is 1. The molecule has 3 heterocycles. The van der Waals surface area contributed by atoms with E-state index < -0.39 is 5.91 Å². The lowest BCUT2D eigenvalue weighted by Gasteiger charge is -2.21. The zero-order chi connectivity index (χ0) is 18.1. The number of nitrogens with zero attached hydrogens (tertiary/aromatic N) is 2. The number of nitrogens with one attached hydrogen (secondary N) is 1. The highest BCUT2D eigenvalue weighted by Gasteiger charge is 2.21. The van der Waals surface area contributed by atoms with Crippen LogP contribution in [-0.4, -0.2) is 35.2 Å². The van der Waals surface area contributed by atoms with Crippen LogP contribution >= 0.6 is 22.9 Å². The topological polar surface area (TPSA) is 97.5 Å². The lowest BCUT2D eigenvalue weighted by atomic mass is 10.1. The first kappa shape index (κ1) is 17.2. The number of primary amides is 1. The summed E-state index contributed by atoms with van der Waals surface area (Å²) in [7, 11) is 0. The molecule has 1 aromatic carbocycles. The fourth-order valence-corrected chi connectivity index (χ4v) is 4.52. The minimum Gasteiger partial charge on any atom is -0.364 e. The molecule has 1 saturated heterocycles. The van der Waals surface area contributed by atoms with Crippen molar-refractivity contribution in [1.29, 1.82) is 0 Å². The van der Waals surface area contributed by atoms with Crippen LogP contribution < -0.4 is 16.4 Å². The molecule has 1 atom stereocenters. The summed E-state index contributed by atoms with van der Waals surface area (Å²) in [5.74, 6) is 0.145. The first-order chi connectivity index (χ1) is 12.6. The Morgan fingerprint density at radius 1 is 1.31 bits per heavy atom. The standard InChI is InChI=1S/C18H18ClN5OS/c19-11-5-3-10(4-6-11)14-8-13-16(26-14)15(17(20)25)23-24-18(13)22-12-2-1-7-21-9-12/h3-6,8,12,21H,1-2,7,9H2,(H2,20,25)(H,22,24)/p+1/t12-/m0/s1. The minimum atomic E-state index is -0.565. The summed E-state index contributed by atoms with van der Waals surface area (Å²) in [6.45, 7) is 2.17. The number of quaternary nitrogens is 1. The number of piperidine rings is 1. The van der Waals surface area contributed by atoms with E-state index in [1.54, 1.807) is 0 Å². The van der Waals surface area contributed by atoms with Crippen molar-refractivity contribution in [2.24, 2.45) is 5.73 Å². The quantitative estimate of drug-likeness (QED) is 0.638. The van der Waals surface area contributed by atoms with Crippen molar-refractivity contribution in [2.75, 3.05) is 18.4 Å². The smallest absolute Gasteiger partial charge is 0.270 e. The molecule has 1 aliphatic heterocycles. The van der Waals surface area contributed by atoms with E-state index in [0.29, 0.717) is 16.9 Å². The van der Waals surface area contributed by atoms with Gasteiger partial charge in [0.05, 0.1) is 23.8 Å². The van der Waals surface area contributed by atoms with Crippen molar-refractivity contribution in [3.63, 3.8) is 0 Å². The lowest BCUT2D eigenvalue weighted by molar-refractivity contribution is -0.663. The molecule has 8 heteroatoms. The van der Waals surface area contributed by atoms with E-state index in [1.165, 1.54) is 24.3 Å². The summed E-state index contributed by atoms with van der Waals surface area (Å²) in [4.78, 5) is 12.8. The van der Waals surface area contributed by atoms with Crippen molar-refractivity contribution in [3.8, 4) is 10.4 Å². The van der Waals surface area contributed by atoms with Gasteiger partial charge in [0.2, 0.25) is 0 Å². The number of fused-ring (bicyclic) bond motifs is 1. The van der Waals surface area contributed by atoms with E-state index in [0.717, 1.165) is 33.5 Å². The Kier molecular flexibility index (Phi) is 4.76. The van der Waals surface area contributed by atoms with Gasteiger partial charge in [-0.25, -0.2) is 0 Å². The molecule has 0 radical (unpaired) electrons. The first-order valence-corrected chi connectivity index (χ1v) is 9.75. The van der Waals surface area contributed by atoms with Gasteiger partial charge in [-0.05, 0) is 36.6 Å². The van der Waals surface area contributed by atoms with E-state index in [4.69, 9.17) is 17.3 Å². The zero-order valence-electron chi connectivity index (χ0n) is 14.0. The van der Waals surface area contributed by atoms with Crippen LogP contribution in [0.2, 0.25) is 5.02 Å². The van der Waals surface area contributed by atoms with Crippen molar-refractivity contribution in [3.05, 3.63) is 41.0 Å². The second-order valence-electron chi connectivity index (χ2n) is 6.42. The molecule has 6 nitrogen and oxygen atoms in total. The monoisotopic (exact) mass is 388 g/mol. The molecule has 1 aliphatic rings. The molecular formula is C18H19ClN5OS+. The van der Waals surface area contributed by atoms with E-state index in [1.807, 2.05) is 30.3 Å². The van der Waals surface area contributed by atoms with Crippen LogP contribution in [0.5, 0.6) is 0 Å². The third-order valence-electron chi connectivity index (χ3n) is 4.57. The highest BCUT2D eigenvalue weighted by molar-refractivity contribution is 7.22. The van der Waals surface area contributed by atoms with Gasteiger partial charge >= 0.3 is 0 Å². The maximum absolute atomic E-state index is 11.8. The fraction of sp³-hybridized carbons (Fsp3) is 0.278. The number of hydrogen-bond donors (Lipinski definition) is 3. The number of rotatable bonds is 4. The van der Waals surface area contributed by atoms with Crippen molar-refractivity contribution < 1.29 is 10.1 Å². The fourth-order valence-electron chi connectivity index (χ4n) is 3.24. The molecule has 0 aliphatic carbocycles. The summed E-state index contributed by atoms with van der Waals surface area (Å²) in [6, 6.07) is 10.0. The average molecular weight is 389 g/mol. The predicted octanol–water partition coefficient (Wildman–Crippen LogP) is 2.25. The van der Waals surface area contributed by atoms with Gasteiger partial charge in [0.15, 0.2) is 11.5 Å². The Labute approximate surface area is 159 Å². The van der Waals surface area contributed by atoms with Crippen LogP contribution in [0.1, 0.15) is 23.3 Å². The molecule has 0 spiro atoms. The zero-order valence-corrected chi connectivity index (χ0v) is 15.6. The normalized spacial score (nSPS) is 17.3. The van der Waals surface area contributed by atoms with Gasteiger partial charge in [0.1, 0.15) is 0 Å². The lowest BCUT2D eigenvalue weighted by Crippen LogP contribution is -2.88. The largest absolute Gasteiger partial charge is 0.364 e. The SMILES string of the molecule is NC(=O)c1nnc(N[C@H]2CCC[NH2+]C2)c2cc(-c3ccc(Cl)cc3)sc12. The Morgan fingerprint density at radius 2 is 2.12 bits per heavy atom. The van der Waals surface area contributed by atoms with Gasteiger partial charge in [-0.3, -0.25) is 4.79 Å². The van der Waals surface area contributed by atoms with Crippen molar-refractivity contribution in [1.82, 2.24) is 10.2 Å². The Morgan fingerprint density at radius 3 is 2.81 bits per heavy atom. The van der Waals surface area contributed by atoms with Gasteiger partial charge in [0.25, 0.3) is 5.91 Å². The van der Waals surface area contributed by atoms with Gasteiger partial charge in [0, 0.05) is 15.3 Å². The number of carbonyl (C=O) groups is 1. The van der Waals surface area contributed by atoms with Gasteiger partial charge in [-0.15, -0.1) is 21.5 Å². The second-order valence-corrected chi connectivity index (χ2v) is 7.91. The Balaban J connectivity index is 1.78. The summed E-state index contributed by atoms with van der Waals surface area (Å²) >= 11 is 7.48. The molecule has 4 rings (SSSR count). The third-order valence-corrected chi connectivity index (χ3v) is 6.01. The molecule has 1 fully saturated rings. The van der Waals surface area contributed by atoms with Gasteiger partial charge in [-0.2, -0.15) is 0 Å². The van der Waals surface area contributed by atoms with Crippen molar-refractivity contribution in [2.45, 2.75) is 18.9 Å². The van der Waals surface area contributed by atoms with E-state index >= 15 is 0 Å². The van der Waals surface area contributed by atoms with E-state index in [9.17, 15) is 4.79 Å². The van der Waals surface area contributed by atoms with Crippen LogP contribution in [0.4, 0.5) is 5.82 Å². The summed E-state index contributed by atoms with van der Waals surface area (Å²) in [6.07, 6.45) is 2.28. The van der Waals surface area contributed by atoms with Gasteiger partial charge in [-0.1, -0.05) is 23.7 Å². The molecule has 1 amide bonds. The average Bonchev–Trinajstić information content (AvgIpc) is 3.09. The highest BCUT2D eigenvalue weighted by atomic mass is 35.5. The van der Waals surface area contributed by atoms with Crippen LogP contribution in [0.25, 0.3) is 20.5 Å². The van der Waals surface area contributed by atoms with Crippen molar-refractivity contribution >= 4 is 44.7 Å². The maximum atomic E-state index is 11.8. The summed E-state index contributed by atoms with van der Waals surface area (Å²) in [5.41, 5.74) is 6.75. The molecule has 0 bridgehead atoms. The number of hydrogen-bond acceptors (Lipinski definition) is 5. The molecule has 2 aromatic heterocycles. The van der Waals surface area contributed by atoms with Crippen LogP contribution in [0.3, 0.4) is 0 Å². The molecule has 5 N–H and O–H groups in total. The number of aromatic nitrogens is 2. The number of amides is 1. The number of nitrogens with two attached hydrogens (primary N) is 2. The number of halogens is 1. The Bertz CT molecular complexity index is 950. The molecular weight excluding hydrogens is 370 g/mol. The predicted molar refractivity (Wildman–Crippen MR) is 105 cm³/mol. The third kappa shape index (κ3) is 3.38. The maximum Gasteiger partial charge on any atom is 0.270 e. The van der Waals surface area contributed by atoms with Crippen LogP contribution in [0.15, 0.2) is 30.3 Å². The van der Waals surface area contributed by atoms with Crippen LogP contribution in [0, 0.1) is 0 Å². The molecule has 134 valence electrons. The molecule has 0 unspecified atom stereocenters. The van der Waals surface area contributed by atoms with Gasteiger partial charge < -0.3 is 16.4 Å². The van der Waals surface area contributed by atoms with E-state index in [-0.39, 0.29) is 5.69 Å². The molecule has 3 aromatic rings. The summed E-state index contributed by atoms with van der Waals surface area (Å²) < 4.78 is 0.764. The first-order valence-electron chi connectivity index (χ1n) is 8.56. The van der Waals surface area contributed by atoms with E-state index in [2.05, 4.69) is 20.8 Å². The second kappa shape index (κ2) is 7.19. The Hall–Kier alpha value is -2.22. The molecule has 26 heavy (non-hydrogen) atoms. The molecule has 0 saturated carbocycles. The number of benzene rings is 1. The highest BCUT2D eigenvalue weighted by Crippen LogP contribution is 2.38.